The number of carbonyl (C=O) groups excluding carboxylic acids is 2. The summed E-state index contributed by atoms with van der Waals surface area (Å²) in [4.78, 5) is 37.5. The molecule has 0 aliphatic carbocycles. The summed E-state index contributed by atoms with van der Waals surface area (Å²) in [7, 11) is 1.10. The van der Waals surface area contributed by atoms with Crippen LogP contribution in [0.2, 0.25) is 0 Å². The third-order valence-electron chi connectivity index (χ3n) is 8.49. The van der Waals surface area contributed by atoms with Crippen molar-refractivity contribution in [1.82, 2.24) is 0 Å². The molecule has 0 radical (unpaired) electrons. The Morgan fingerprint density at radius 1 is 0.589 bits per heavy atom. The maximum Gasteiger partial charge on any atom is 0.306 e. The van der Waals surface area contributed by atoms with Crippen molar-refractivity contribution in [3.05, 3.63) is 85.1 Å². The summed E-state index contributed by atoms with van der Waals surface area (Å²) in [6.07, 6.45) is 47.6. The maximum atomic E-state index is 12.6. The summed E-state index contributed by atoms with van der Waals surface area (Å²) < 4.78 is 33.8. The second-order valence-corrected chi connectivity index (χ2v) is 16.5. The lowest BCUT2D eigenvalue weighted by atomic mass is 10.1. The van der Waals surface area contributed by atoms with Gasteiger partial charge in [0.2, 0.25) is 0 Å². The van der Waals surface area contributed by atoms with Crippen LogP contribution in [0.3, 0.4) is 0 Å². The molecule has 10 heteroatoms. The molecule has 0 amide bonds. The van der Waals surface area contributed by atoms with Crippen LogP contribution in [0.4, 0.5) is 0 Å². The van der Waals surface area contributed by atoms with Crippen molar-refractivity contribution >= 4 is 19.8 Å². The normalized spacial score (nSPS) is 14.5. The Hall–Kier alpha value is -2.81. The summed E-state index contributed by atoms with van der Waals surface area (Å²) in [6, 6.07) is 0. The topological polar surface area (TPSA) is 111 Å². The summed E-state index contributed by atoms with van der Waals surface area (Å²) >= 11 is 0. The van der Waals surface area contributed by atoms with E-state index in [1.807, 2.05) is 57.6 Å². The molecule has 9 nitrogen and oxygen atoms in total. The fourth-order valence-electron chi connectivity index (χ4n) is 5.15. The first-order chi connectivity index (χ1) is 27.0. The monoisotopic (exact) mass is 804 g/mol. The number of likely N-dealkylation sites (N-methyl/N-ethyl adjacent to an activating group) is 1. The molecule has 0 spiro atoms. The highest BCUT2D eigenvalue weighted by molar-refractivity contribution is 7.45. The van der Waals surface area contributed by atoms with Crippen LogP contribution in [0.5, 0.6) is 0 Å². The van der Waals surface area contributed by atoms with E-state index in [1.165, 1.54) is 38.5 Å². The Balaban J connectivity index is 4.53. The van der Waals surface area contributed by atoms with Crippen LogP contribution in [0.15, 0.2) is 85.1 Å². The predicted molar refractivity (Wildman–Crippen MR) is 231 cm³/mol. The van der Waals surface area contributed by atoms with Crippen molar-refractivity contribution in [2.75, 3.05) is 47.5 Å². The number of ether oxygens (including phenoxy) is 2. The van der Waals surface area contributed by atoms with Crippen molar-refractivity contribution in [2.24, 2.45) is 0 Å². The van der Waals surface area contributed by atoms with E-state index in [9.17, 15) is 19.0 Å². The zero-order valence-electron chi connectivity index (χ0n) is 35.8. The van der Waals surface area contributed by atoms with Crippen LogP contribution in [0, 0.1) is 0 Å². The average Bonchev–Trinajstić information content (AvgIpc) is 3.15. The molecular formula is C46H78NO8P. The zero-order valence-corrected chi connectivity index (χ0v) is 36.7. The number of rotatable bonds is 37. The SMILES string of the molecule is CC/C=C/C=C/C=C/C=C/CCCCCCCC(=O)OC[C@H](COP(=O)([O-])OCC[N+](C)(C)C)OC(=O)CCC/C=C/C/C=C/C/C=C/CCCCCCCC. The van der Waals surface area contributed by atoms with Gasteiger partial charge >= 0.3 is 11.9 Å². The second-order valence-electron chi connectivity index (χ2n) is 15.1. The highest BCUT2D eigenvalue weighted by Gasteiger charge is 2.21. The lowest BCUT2D eigenvalue weighted by Gasteiger charge is -2.28. The van der Waals surface area contributed by atoms with Gasteiger partial charge in [0, 0.05) is 12.8 Å². The first kappa shape index (κ1) is 53.2. The van der Waals surface area contributed by atoms with E-state index in [0.29, 0.717) is 30.3 Å². The van der Waals surface area contributed by atoms with Gasteiger partial charge in [-0.05, 0) is 64.2 Å². The number of carbonyl (C=O) groups is 2. The molecular weight excluding hydrogens is 725 g/mol. The molecule has 320 valence electrons. The molecule has 0 saturated heterocycles. The molecule has 0 heterocycles. The molecule has 0 aromatic heterocycles. The van der Waals surface area contributed by atoms with Crippen LogP contribution in [0.1, 0.15) is 142 Å². The minimum atomic E-state index is -4.65. The quantitative estimate of drug-likeness (QED) is 0.0152. The third-order valence-corrected chi connectivity index (χ3v) is 9.46. The van der Waals surface area contributed by atoms with E-state index >= 15 is 0 Å². The van der Waals surface area contributed by atoms with Crippen molar-refractivity contribution in [3.63, 3.8) is 0 Å². The van der Waals surface area contributed by atoms with Crippen LogP contribution < -0.4 is 4.89 Å². The van der Waals surface area contributed by atoms with E-state index in [-0.39, 0.29) is 26.1 Å². The Morgan fingerprint density at radius 2 is 1.11 bits per heavy atom. The van der Waals surface area contributed by atoms with Gasteiger partial charge in [0.1, 0.15) is 19.8 Å². The third kappa shape index (κ3) is 40.8. The molecule has 0 fully saturated rings. The molecule has 1 unspecified atom stereocenters. The van der Waals surface area contributed by atoms with Gasteiger partial charge in [-0.1, -0.05) is 150 Å². The fraction of sp³-hybridized carbons (Fsp3) is 0.652. The predicted octanol–water partition coefficient (Wildman–Crippen LogP) is 11.4. The Labute approximate surface area is 341 Å². The molecule has 0 aliphatic rings. The van der Waals surface area contributed by atoms with Gasteiger partial charge in [-0.2, -0.15) is 0 Å². The van der Waals surface area contributed by atoms with Gasteiger partial charge in [0.15, 0.2) is 6.10 Å². The standard InChI is InChI=1S/C46H78NO8P/c1-6-8-10-12-14-16-18-20-22-23-25-27-29-31-33-35-37-39-46(49)55-44(43-54-56(50,51)53-41-40-47(3,4)5)42-52-45(48)38-36-34-32-30-28-26-24-21-19-17-15-13-11-9-7-2/h9,11,13,15,17,19-22,24-25,27,31,33,44H,6-8,10,12,14,16,18,23,26,28-30,32,34-43H2,1-5H3/b11-9+,15-13+,19-17+,22-20+,24-21+,27-25+,33-31+/t44-/m1/s1. The Bertz CT molecular complexity index is 1230. The van der Waals surface area contributed by atoms with Crippen molar-refractivity contribution in [3.8, 4) is 0 Å². The summed E-state index contributed by atoms with van der Waals surface area (Å²) in [6.45, 7) is 3.97. The van der Waals surface area contributed by atoms with Crippen molar-refractivity contribution in [2.45, 2.75) is 148 Å². The molecule has 0 aromatic carbocycles. The number of nitrogens with zero attached hydrogens (tertiary/aromatic N) is 1. The van der Waals surface area contributed by atoms with E-state index in [0.717, 1.165) is 57.8 Å². The fourth-order valence-corrected chi connectivity index (χ4v) is 5.88. The average molecular weight is 804 g/mol. The lowest BCUT2D eigenvalue weighted by Crippen LogP contribution is -2.37. The van der Waals surface area contributed by atoms with Crippen molar-refractivity contribution in [1.29, 1.82) is 0 Å². The number of unbranched alkanes of at least 4 members (excludes halogenated alkanes) is 12. The van der Waals surface area contributed by atoms with Gasteiger partial charge in [-0.15, -0.1) is 0 Å². The summed E-state index contributed by atoms with van der Waals surface area (Å²) in [5.41, 5.74) is 0. The van der Waals surface area contributed by atoms with Gasteiger partial charge in [0.25, 0.3) is 7.82 Å². The number of quaternary nitrogens is 1. The molecule has 2 atom stereocenters. The minimum Gasteiger partial charge on any atom is -0.756 e. The van der Waals surface area contributed by atoms with E-state index in [2.05, 4.69) is 62.5 Å². The number of hydrogen-bond donors (Lipinski definition) is 0. The number of hydrogen-bond acceptors (Lipinski definition) is 8. The van der Waals surface area contributed by atoms with Gasteiger partial charge in [-0.3, -0.25) is 14.2 Å². The number of phosphoric acid groups is 1. The Kier molecular flexibility index (Phi) is 35.9. The van der Waals surface area contributed by atoms with Crippen LogP contribution in [0.25, 0.3) is 0 Å². The minimum absolute atomic E-state index is 0.0489. The molecule has 0 aliphatic heterocycles. The highest BCUT2D eigenvalue weighted by Crippen LogP contribution is 2.38. The van der Waals surface area contributed by atoms with E-state index in [4.69, 9.17) is 18.5 Å². The van der Waals surface area contributed by atoms with Crippen molar-refractivity contribution < 1.29 is 42.1 Å². The lowest BCUT2D eigenvalue weighted by molar-refractivity contribution is -0.870. The van der Waals surface area contributed by atoms with Gasteiger partial charge in [-0.25, -0.2) is 0 Å². The summed E-state index contributed by atoms with van der Waals surface area (Å²) in [5.74, 6) is -0.933. The Morgan fingerprint density at radius 3 is 1.73 bits per heavy atom. The molecule has 0 N–H and O–H groups in total. The maximum absolute atomic E-state index is 12.6. The molecule has 56 heavy (non-hydrogen) atoms. The number of phosphoric ester groups is 1. The van der Waals surface area contributed by atoms with Gasteiger partial charge in [0.05, 0.1) is 27.7 Å². The first-order valence-corrected chi connectivity index (χ1v) is 22.8. The van der Waals surface area contributed by atoms with E-state index < -0.39 is 32.5 Å². The smallest absolute Gasteiger partial charge is 0.306 e. The van der Waals surface area contributed by atoms with Crippen LogP contribution >= 0.6 is 7.82 Å². The number of allylic oxidation sites excluding steroid dienone is 14. The molecule has 0 rings (SSSR count). The summed E-state index contributed by atoms with van der Waals surface area (Å²) in [5, 5.41) is 0. The number of esters is 2. The van der Waals surface area contributed by atoms with Gasteiger partial charge < -0.3 is 27.9 Å². The van der Waals surface area contributed by atoms with Crippen LogP contribution in [-0.4, -0.2) is 70.0 Å². The van der Waals surface area contributed by atoms with Crippen LogP contribution in [-0.2, 0) is 32.7 Å². The molecule has 0 aromatic rings. The second kappa shape index (κ2) is 37.7. The largest absolute Gasteiger partial charge is 0.756 e. The highest BCUT2D eigenvalue weighted by atomic mass is 31.2. The zero-order chi connectivity index (χ0) is 41.4. The first-order valence-electron chi connectivity index (χ1n) is 21.3. The molecule has 0 saturated carbocycles. The van der Waals surface area contributed by atoms with E-state index in [1.54, 1.807) is 0 Å². The molecule has 0 bridgehead atoms.